The summed E-state index contributed by atoms with van der Waals surface area (Å²) in [7, 11) is 0. The molecule has 0 N–H and O–H groups in total. The van der Waals surface area contributed by atoms with Gasteiger partial charge in [0, 0.05) is 19.3 Å². The molecule has 0 amide bonds. The molecule has 6 nitrogen and oxygen atoms in total. The third-order valence-electron chi connectivity index (χ3n) is 9.70. The second-order valence-electron chi connectivity index (χ2n) is 15.4. The summed E-state index contributed by atoms with van der Waals surface area (Å²) in [5.41, 5.74) is 0. The first kappa shape index (κ1) is 55.3. The van der Waals surface area contributed by atoms with Gasteiger partial charge in [0.2, 0.25) is 0 Å². The summed E-state index contributed by atoms with van der Waals surface area (Å²) in [6.07, 6.45) is 61.1. The second-order valence-corrected chi connectivity index (χ2v) is 15.4. The van der Waals surface area contributed by atoms with Crippen molar-refractivity contribution in [1.82, 2.24) is 0 Å². The van der Waals surface area contributed by atoms with E-state index in [0.29, 0.717) is 19.3 Å². The molecule has 59 heavy (non-hydrogen) atoms. The third-order valence-corrected chi connectivity index (χ3v) is 9.70. The van der Waals surface area contributed by atoms with Crippen LogP contribution < -0.4 is 0 Å². The zero-order valence-electron chi connectivity index (χ0n) is 38.0. The molecule has 0 aliphatic rings. The molecule has 1 unspecified atom stereocenters. The number of carbonyl (C=O) groups is 3. The Morgan fingerprint density at radius 1 is 0.356 bits per heavy atom. The van der Waals surface area contributed by atoms with E-state index in [1.165, 1.54) is 77.0 Å². The van der Waals surface area contributed by atoms with Gasteiger partial charge in [0.05, 0.1) is 0 Å². The van der Waals surface area contributed by atoms with Crippen LogP contribution in [0.2, 0.25) is 0 Å². The van der Waals surface area contributed by atoms with E-state index in [1.54, 1.807) is 0 Å². The van der Waals surface area contributed by atoms with E-state index in [1.807, 2.05) is 54.7 Å². The molecule has 0 aromatic rings. The van der Waals surface area contributed by atoms with Crippen molar-refractivity contribution >= 4 is 17.9 Å². The van der Waals surface area contributed by atoms with Gasteiger partial charge in [-0.05, 0) is 83.5 Å². The number of carbonyl (C=O) groups excluding carboxylic acids is 3. The van der Waals surface area contributed by atoms with Gasteiger partial charge in [0.1, 0.15) is 13.2 Å². The Balaban J connectivity index is 4.55. The van der Waals surface area contributed by atoms with Crippen LogP contribution in [0.4, 0.5) is 0 Å². The Hall–Kier alpha value is -3.67. The normalized spacial score (nSPS) is 12.9. The Morgan fingerprint density at radius 2 is 0.695 bits per heavy atom. The van der Waals surface area contributed by atoms with Gasteiger partial charge in [-0.3, -0.25) is 14.4 Å². The van der Waals surface area contributed by atoms with Crippen LogP contribution in [0.25, 0.3) is 0 Å². The van der Waals surface area contributed by atoms with Crippen molar-refractivity contribution < 1.29 is 28.6 Å². The summed E-state index contributed by atoms with van der Waals surface area (Å²) < 4.78 is 16.6. The van der Waals surface area contributed by atoms with Gasteiger partial charge in [0.15, 0.2) is 6.10 Å². The van der Waals surface area contributed by atoms with Crippen molar-refractivity contribution in [3.63, 3.8) is 0 Å². The van der Waals surface area contributed by atoms with Gasteiger partial charge in [-0.15, -0.1) is 0 Å². The lowest BCUT2D eigenvalue weighted by Gasteiger charge is -2.18. The Labute approximate surface area is 362 Å². The first-order chi connectivity index (χ1) is 29.0. The number of hydrogen-bond acceptors (Lipinski definition) is 6. The van der Waals surface area contributed by atoms with Crippen molar-refractivity contribution in [1.29, 1.82) is 0 Å². The molecule has 0 saturated heterocycles. The SMILES string of the molecule is CC\C=C/C=C\C=C/C=C\C=C/CCCC(=O)OC(COC(=O)CCCCC/C=C\C=C/CCCCCCCCC)COC(=O)CCCCCCC/C=C\CCCCC. The highest BCUT2D eigenvalue weighted by atomic mass is 16.6. The maximum absolute atomic E-state index is 12.7. The van der Waals surface area contributed by atoms with Gasteiger partial charge in [0.25, 0.3) is 0 Å². The molecule has 0 rings (SSSR count). The van der Waals surface area contributed by atoms with Crippen molar-refractivity contribution in [3.8, 4) is 0 Å². The maximum Gasteiger partial charge on any atom is 0.306 e. The summed E-state index contributed by atoms with van der Waals surface area (Å²) in [4.78, 5) is 37.8. The Kier molecular flexibility index (Phi) is 44.1. The fraction of sp³-hybridized carbons (Fsp3) is 0.642. The van der Waals surface area contributed by atoms with E-state index < -0.39 is 12.1 Å². The molecular weight excluding hydrogens is 733 g/mol. The molecule has 0 radical (unpaired) electrons. The van der Waals surface area contributed by atoms with Gasteiger partial charge in [-0.25, -0.2) is 0 Å². The minimum absolute atomic E-state index is 0.120. The number of rotatable bonds is 41. The van der Waals surface area contributed by atoms with Crippen LogP contribution in [0.3, 0.4) is 0 Å². The van der Waals surface area contributed by atoms with Crippen molar-refractivity contribution in [2.75, 3.05) is 13.2 Å². The van der Waals surface area contributed by atoms with Crippen LogP contribution in [-0.2, 0) is 28.6 Å². The summed E-state index contributed by atoms with van der Waals surface area (Å²) in [6, 6.07) is 0. The van der Waals surface area contributed by atoms with E-state index in [4.69, 9.17) is 14.2 Å². The van der Waals surface area contributed by atoms with E-state index >= 15 is 0 Å². The Bertz CT molecular complexity index is 1220. The molecule has 6 heteroatoms. The number of esters is 3. The molecule has 334 valence electrons. The molecule has 0 fully saturated rings. The zero-order valence-corrected chi connectivity index (χ0v) is 38.0. The van der Waals surface area contributed by atoms with Gasteiger partial charge in [-0.2, -0.15) is 0 Å². The first-order valence-electron chi connectivity index (χ1n) is 23.8. The molecule has 0 heterocycles. The van der Waals surface area contributed by atoms with E-state index in [2.05, 4.69) is 63.3 Å². The lowest BCUT2D eigenvalue weighted by atomic mass is 10.1. The quantitative estimate of drug-likeness (QED) is 0.0201. The molecule has 0 spiro atoms. The average Bonchev–Trinajstić information content (AvgIpc) is 3.23. The zero-order chi connectivity index (χ0) is 43.0. The molecule has 0 aliphatic heterocycles. The smallest absolute Gasteiger partial charge is 0.306 e. The minimum atomic E-state index is -0.828. The number of allylic oxidation sites excluding steroid dienone is 16. The van der Waals surface area contributed by atoms with Crippen LogP contribution in [0, 0.1) is 0 Å². The number of ether oxygens (including phenoxy) is 3. The summed E-state index contributed by atoms with van der Waals surface area (Å²) >= 11 is 0. The third kappa shape index (κ3) is 45.3. The summed E-state index contributed by atoms with van der Waals surface area (Å²) in [5.74, 6) is -1.04. The van der Waals surface area contributed by atoms with Crippen molar-refractivity contribution in [3.05, 3.63) is 97.2 Å². The fourth-order valence-electron chi connectivity index (χ4n) is 6.10. The maximum atomic E-state index is 12.7. The minimum Gasteiger partial charge on any atom is -0.462 e. The summed E-state index contributed by atoms with van der Waals surface area (Å²) in [5, 5.41) is 0. The second kappa shape index (κ2) is 47.0. The molecule has 0 aromatic carbocycles. The number of unbranched alkanes of at least 4 members (excludes halogenated alkanes) is 19. The van der Waals surface area contributed by atoms with Crippen LogP contribution in [0.15, 0.2) is 97.2 Å². The molecular formula is C53H86O6. The average molecular weight is 819 g/mol. The highest BCUT2D eigenvalue weighted by Crippen LogP contribution is 2.12. The van der Waals surface area contributed by atoms with Crippen molar-refractivity contribution in [2.45, 2.75) is 207 Å². The van der Waals surface area contributed by atoms with Crippen LogP contribution in [0.1, 0.15) is 201 Å². The van der Waals surface area contributed by atoms with E-state index in [0.717, 1.165) is 77.0 Å². The van der Waals surface area contributed by atoms with Crippen LogP contribution in [0.5, 0.6) is 0 Å². The van der Waals surface area contributed by atoms with Gasteiger partial charge >= 0.3 is 17.9 Å². The van der Waals surface area contributed by atoms with E-state index in [9.17, 15) is 14.4 Å². The van der Waals surface area contributed by atoms with Crippen molar-refractivity contribution in [2.24, 2.45) is 0 Å². The molecule has 0 aromatic heterocycles. The highest BCUT2D eigenvalue weighted by Gasteiger charge is 2.19. The standard InChI is InChI=1S/C53H86O6/c1-4-7-10-13-16-19-22-25-26-27-29-31-34-37-40-43-46-52(55)58-49-50(48-57-51(54)45-42-39-36-33-30-24-21-18-15-12-9-6-3)59-53(56)47-44-41-38-35-32-28-23-20-17-14-11-8-5-2/h8,11,14,17-18,20-21,23,26-29,31-32,35,38,50H,4-7,9-10,12-13,15-16,19,22,24-25,30,33-34,36-37,39-49H2,1-3H3/b11-8-,17-14-,21-18-,23-20-,27-26-,31-29-,32-28-,38-35-. The monoisotopic (exact) mass is 819 g/mol. The Morgan fingerprint density at radius 3 is 1.20 bits per heavy atom. The highest BCUT2D eigenvalue weighted by molar-refractivity contribution is 5.71. The van der Waals surface area contributed by atoms with Crippen LogP contribution >= 0.6 is 0 Å². The molecule has 0 saturated carbocycles. The first-order valence-corrected chi connectivity index (χ1v) is 23.8. The van der Waals surface area contributed by atoms with E-state index in [-0.39, 0.29) is 31.6 Å². The molecule has 0 bridgehead atoms. The van der Waals surface area contributed by atoms with Gasteiger partial charge < -0.3 is 14.2 Å². The lowest BCUT2D eigenvalue weighted by molar-refractivity contribution is -0.167. The van der Waals surface area contributed by atoms with Gasteiger partial charge in [-0.1, -0.05) is 195 Å². The largest absolute Gasteiger partial charge is 0.462 e. The summed E-state index contributed by atoms with van der Waals surface area (Å²) in [6.45, 7) is 6.35. The predicted octanol–water partition coefficient (Wildman–Crippen LogP) is 15.4. The number of hydrogen-bond donors (Lipinski definition) is 0. The van der Waals surface area contributed by atoms with Crippen LogP contribution in [-0.4, -0.2) is 37.2 Å². The fourth-order valence-corrected chi connectivity index (χ4v) is 6.10. The lowest BCUT2D eigenvalue weighted by Crippen LogP contribution is -2.30. The topological polar surface area (TPSA) is 78.9 Å². The molecule has 1 atom stereocenters. The molecule has 0 aliphatic carbocycles. The predicted molar refractivity (Wildman–Crippen MR) is 251 cm³/mol.